The van der Waals surface area contributed by atoms with Gasteiger partial charge in [-0.25, -0.2) is 0 Å². The van der Waals surface area contributed by atoms with E-state index in [2.05, 4.69) is 4.99 Å². The Morgan fingerprint density at radius 2 is 2.05 bits per heavy atom. The SMILES string of the molecule is CC.CC1=CN=CC2=CCN(CC(F)(F)F)C(=O)C12. The Morgan fingerprint density at radius 1 is 1.42 bits per heavy atom. The second-order valence-corrected chi connectivity index (χ2v) is 4.12. The molecule has 2 aliphatic heterocycles. The summed E-state index contributed by atoms with van der Waals surface area (Å²) < 4.78 is 36.8. The molecule has 0 saturated heterocycles. The first-order chi connectivity index (χ1) is 8.88. The molecule has 0 aromatic heterocycles. The van der Waals surface area contributed by atoms with E-state index < -0.39 is 24.5 Å². The Labute approximate surface area is 110 Å². The molecular weight excluding hydrogens is 257 g/mol. The van der Waals surface area contributed by atoms with Crippen molar-refractivity contribution < 1.29 is 18.0 Å². The molecule has 0 saturated carbocycles. The first-order valence-corrected chi connectivity index (χ1v) is 6.14. The zero-order valence-electron chi connectivity index (χ0n) is 11.2. The number of nitrogens with zero attached hydrogens (tertiary/aromatic N) is 2. The molecule has 6 heteroatoms. The number of hydrogen-bond acceptors (Lipinski definition) is 2. The number of fused-ring (bicyclic) bond motifs is 1. The number of halogens is 3. The molecule has 2 rings (SSSR count). The van der Waals surface area contributed by atoms with Crippen molar-refractivity contribution in [3.05, 3.63) is 23.4 Å². The average molecular weight is 274 g/mol. The van der Waals surface area contributed by atoms with E-state index in [-0.39, 0.29) is 6.54 Å². The van der Waals surface area contributed by atoms with E-state index in [0.29, 0.717) is 11.1 Å². The van der Waals surface area contributed by atoms with E-state index in [0.717, 1.165) is 4.90 Å². The number of rotatable bonds is 1. The zero-order valence-corrected chi connectivity index (χ0v) is 11.2. The summed E-state index contributed by atoms with van der Waals surface area (Å²) in [6.07, 6.45) is 0.302. The van der Waals surface area contributed by atoms with Gasteiger partial charge < -0.3 is 4.90 Å². The van der Waals surface area contributed by atoms with E-state index in [1.165, 1.54) is 12.4 Å². The van der Waals surface area contributed by atoms with E-state index in [4.69, 9.17) is 0 Å². The monoisotopic (exact) mass is 274 g/mol. The van der Waals surface area contributed by atoms with Gasteiger partial charge in [0.1, 0.15) is 6.54 Å². The minimum Gasteiger partial charge on any atom is -0.329 e. The van der Waals surface area contributed by atoms with Gasteiger partial charge in [-0.3, -0.25) is 9.79 Å². The van der Waals surface area contributed by atoms with Crippen LogP contribution in [0.25, 0.3) is 0 Å². The van der Waals surface area contributed by atoms with Gasteiger partial charge in [0.15, 0.2) is 0 Å². The van der Waals surface area contributed by atoms with Crippen molar-refractivity contribution in [1.29, 1.82) is 0 Å². The lowest BCUT2D eigenvalue weighted by atomic mass is 9.87. The predicted octanol–water partition coefficient (Wildman–Crippen LogP) is 2.95. The summed E-state index contributed by atoms with van der Waals surface area (Å²) in [5, 5.41) is 0. The summed E-state index contributed by atoms with van der Waals surface area (Å²) in [6, 6.07) is 0. The fraction of sp³-hybridized carbons (Fsp3) is 0.538. The lowest BCUT2D eigenvalue weighted by Crippen LogP contribution is -2.46. The molecule has 2 heterocycles. The van der Waals surface area contributed by atoms with Crippen LogP contribution in [0.5, 0.6) is 0 Å². The normalized spacial score (nSPS) is 22.1. The van der Waals surface area contributed by atoms with E-state index >= 15 is 0 Å². The van der Waals surface area contributed by atoms with Crippen LogP contribution in [0.15, 0.2) is 28.4 Å². The van der Waals surface area contributed by atoms with Crippen LogP contribution in [0.2, 0.25) is 0 Å². The second kappa shape index (κ2) is 6.04. The predicted molar refractivity (Wildman–Crippen MR) is 67.8 cm³/mol. The number of aliphatic imine (C=N–C) groups is 1. The van der Waals surface area contributed by atoms with Gasteiger partial charge in [0, 0.05) is 19.0 Å². The fourth-order valence-corrected chi connectivity index (χ4v) is 2.01. The van der Waals surface area contributed by atoms with Gasteiger partial charge in [-0.05, 0) is 18.1 Å². The largest absolute Gasteiger partial charge is 0.406 e. The van der Waals surface area contributed by atoms with Crippen LogP contribution in [0, 0.1) is 5.92 Å². The van der Waals surface area contributed by atoms with Crippen molar-refractivity contribution in [3.8, 4) is 0 Å². The molecule has 0 aliphatic carbocycles. The summed E-state index contributed by atoms with van der Waals surface area (Å²) in [7, 11) is 0. The summed E-state index contributed by atoms with van der Waals surface area (Å²) in [5.41, 5.74) is 1.36. The molecule has 0 fully saturated rings. The lowest BCUT2D eigenvalue weighted by Gasteiger charge is -2.33. The minimum atomic E-state index is -4.36. The Bertz CT molecular complexity index is 436. The molecule has 1 atom stereocenters. The maximum Gasteiger partial charge on any atom is 0.406 e. The minimum absolute atomic E-state index is 0.0104. The summed E-state index contributed by atoms with van der Waals surface area (Å²) in [4.78, 5) is 16.7. The summed E-state index contributed by atoms with van der Waals surface area (Å²) in [5.74, 6) is -1.09. The highest BCUT2D eigenvalue weighted by Gasteiger charge is 2.38. The molecule has 0 bridgehead atoms. The quantitative estimate of drug-likeness (QED) is 0.723. The number of carbonyl (C=O) groups is 1. The number of hydrogen-bond donors (Lipinski definition) is 0. The number of alkyl halides is 3. The van der Waals surface area contributed by atoms with E-state index in [9.17, 15) is 18.0 Å². The molecule has 0 N–H and O–H groups in total. The second-order valence-electron chi connectivity index (χ2n) is 4.12. The third-order valence-electron chi connectivity index (χ3n) is 2.77. The maximum atomic E-state index is 12.3. The molecule has 0 aromatic carbocycles. The van der Waals surface area contributed by atoms with Gasteiger partial charge >= 0.3 is 6.18 Å². The van der Waals surface area contributed by atoms with Gasteiger partial charge in [0.05, 0.1) is 5.92 Å². The van der Waals surface area contributed by atoms with Gasteiger partial charge in [-0.2, -0.15) is 13.2 Å². The Morgan fingerprint density at radius 3 is 2.63 bits per heavy atom. The van der Waals surface area contributed by atoms with Crippen LogP contribution in [-0.4, -0.2) is 36.3 Å². The highest BCUT2D eigenvalue weighted by Crippen LogP contribution is 2.29. The first-order valence-electron chi connectivity index (χ1n) is 6.14. The molecule has 106 valence electrons. The van der Waals surface area contributed by atoms with Crippen molar-refractivity contribution in [2.45, 2.75) is 26.9 Å². The van der Waals surface area contributed by atoms with Crippen LogP contribution >= 0.6 is 0 Å². The molecule has 19 heavy (non-hydrogen) atoms. The molecule has 1 unspecified atom stereocenters. The molecular formula is C13H17F3N2O. The molecule has 3 nitrogen and oxygen atoms in total. The summed E-state index contributed by atoms with van der Waals surface area (Å²) in [6.45, 7) is 4.49. The van der Waals surface area contributed by atoms with Crippen LogP contribution in [0.3, 0.4) is 0 Å². The maximum absolute atomic E-state index is 12.3. The third kappa shape index (κ3) is 3.68. The van der Waals surface area contributed by atoms with E-state index in [1.54, 1.807) is 13.0 Å². The van der Waals surface area contributed by atoms with Crippen LogP contribution in [0.1, 0.15) is 20.8 Å². The smallest absolute Gasteiger partial charge is 0.329 e. The standard InChI is InChI=1S/C11H11F3N2O.C2H6/c1-7-4-15-5-8-2-3-16(6-11(12,13)14)10(17)9(7)8;1-2/h2,4-5,9H,3,6H2,1H3;1-2H3. The van der Waals surface area contributed by atoms with Crippen molar-refractivity contribution in [2.24, 2.45) is 10.9 Å². The Hall–Kier alpha value is -1.59. The Kier molecular flexibility index (Phi) is 4.91. The van der Waals surface area contributed by atoms with Crippen LogP contribution in [0.4, 0.5) is 13.2 Å². The lowest BCUT2D eigenvalue weighted by molar-refractivity contribution is -0.162. The van der Waals surface area contributed by atoms with E-state index in [1.807, 2.05) is 13.8 Å². The van der Waals surface area contributed by atoms with Gasteiger partial charge in [0.25, 0.3) is 0 Å². The van der Waals surface area contributed by atoms with Crippen LogP contribution in [-0.2, 0) is 4.79 Å². The summed E-state index contributed by atoms with van der Waals surface area (Å²) >= 11 is 0. The topological polar surface area (TPSA) is 32.7 Å². The first kappa shape index (κ1) is 15.5. The van der Waals surface area contributed by atoms with Crippen LogP contribution < -0.4 is 0 Å². The third-order valence-corrected chi connectivity index (χ3v) is 2.77. The van der Waals surface area contributed by atoms with Gasteiger partial charge in [-0.1, -0.05) is 19.9 Å². The Balaban J connectivity index is 0.000000861. The molecule has 0 spiro atoms. The van der Waals surface area contributed by atoms with Crippen molar-refractivity contribution in [1.82, 2.24) is 4.90 Å². The molecule has 2 aliphatic rings. The molecule has 0 radical (unpaired) electrons. The molecule has 0 aromatic rings. The zero-order chi connectivity index (χ0) is 14.6. The van der Waals surface area contributed by atoms with Gasteiger partial charge in [0.2, 0.25) is 5.91 Å². The van der Waals surface area contributed by atoms with Crippen molar-refractivity contribution >= 4 is 12.1 Å². The highest BCUT2D eigenvalue weighted by atomic mass is 19.4. The molecule has 1 amide bonds. The highest BCUT2D eigenvalue weighted by molar-refractivity contribution is 5.97. The van der Waals surface area contributed by atoms with Crippen molar-refractivity contribution in [2.75, 3.05) is 13.1 Å². The fourth-order valence-electron chi connectivity index (χ4n) is 2.01. The average Bonchev–Trinajstić information content (AvgIpc) is 2.34. The van der Waals surface area contributed by atoms with Crippen molar-refractivity contribution in [3.63, 3.8) is 0 Å². The van der Waals surface area contributed by atoms with Gasteiger partial charge in [-0.15, -0.1) is 0 Å². The number of amides is 1. The number of carbonyl (C=O) groups excluding carboxylic acids is 1.